The SMILES string of the molecule is CNC(=O)NCCN1N=C(C)/C(=C\c2ccccc2)CC1=O. The molecule has 2 N–H and O–H groups in total. The molecule has 0 radical (unpaired) electrons. The van der Waals surface area contributed by atoms with Gasteiger partial charge in [-0.15, -0.1) is 0 Å². The van der Waals surface area contributed by atoms with E-state index in [1.807, 2.05) is 43.3 Å². The van der Waals surface area contributed by atoms with Gasteiger partial charge in [0.1, 0.15) is 0 Å². The third-order valence-corrected chi connectivity index (χ3v) is 3.34. The maximum Gasteiger partial charge on any atom is 0.314 e. The first kappa shape index (κ1) is 15.8. The maximum absolute atomic E-state index is 12.1. The highest BCUT2D eigenvalue weighted by molar-refractivity contribution is 6.08. The van der Waals surface area contributed by atoms with E-state index in [0.717, 1.165) is 16.8 Å². The lowest BCUT2D eigenvalue weighted by atomic mass is 10.0. The Kier molecular flexibility index (Phi) is 5.30. The van der Waals surface area contributed by atoms with Gasteiger partial charge in [-0.3, -0.25) is 4.79 Å². The van der Waals surface area contributed by atoms with E-state index in [0.29, 0.717) is 19.5 Å². The zero-order chi connectivity index (χ0) is 15.9. The number of hydrazone groups is 1. The van der Waals surface area contributed by atoms with Gasteiger partial charge < -0.3 is 10.6 Å². The van der Waals surface area contributed by atoms with Gasteiger partial charge in [0.2, 0.25) is 5.91 Å². The minimum Gasteiger partial charge on any atom is -0.341 e. The lowest BCUT2D eigenvalue weighted by Crippen LogP contribution is -2.41. The number of carbonyl (C=O) groups is 2. The maximum atomic E-state index is 12.1. The van der Waals surface area contributed by atoms with Crippen molar-refractivity contribution in [3.63, 3.8) is 0 Å². The van der Waals surface area contributed by atoms with Crippen LogP contribution in [0, 0.1) is 0 Å². The van der Waals surface area contributed by atoms with Crippen LogP contribution >= 0.6 is 0 Å². The lowest BCUT2D eigenvalue weighted by molar-refractivity contribution is -0.130. The van der Waals surface area contributed by atoms with Gasteiger partial charge in [-0.25, -0.2) is 9.80 Å². The summed E-state index contributed by atoms with van der Waals surface area (Å²) in [6.07, 6.45) is 2.31. The first-order valence-electron chi connectivity index (χ1n) is 7.17. The van der Waals surface area contributed by atoms with Crippen LogP contribution in [-0.4, -0.2) is 42.8 Å². The minimum atomic E-state index is -0.269. The largest absolute Gasteiger partial charge is 0.341 e. The summed E-state index contributed by atoms with van der Waals surface area (Å²) < 4.78 is 0. The van der Waals surface area contributed by atoms with E-state index in [1.54, 1.807) is 7.05 Å². The van der Waals surface area contributed by atoms with Gasteiger partial charge in [0, 0.05) is 13.6 Å². The van der Waals surface area contributed by atoms with Crippen LogP contribution in [0.1, 0.15) is 18.9 Å². The average Bonchev–Trinajstić information content (AvgIpc) is 2.52. The van der Waals surface area contributed by atoms with Crippen LogP contribution in [0.4, 0.5) is 4.79 Å². The van der Waals surface area contributed by atoms with Crippen molar-refractivity contribution in [2.45, 2.75) is 13.3 Å². The van der Waals surface area contributed by atoms with Crippen LogP contribution < -0.4 is 10.6 Å². The Morgan fingerprint density at radius 3 is 2.77 bits per heavy atom. The topological polar surface area (TPSA) is 73.8 Å². The molecular weight excluding hydrogens is 280 g/mol. The van der Waals surface area contributed by atoms with Crippen LogP contribution in [0.15, 0.2) is 41.0 Å². The number of nitrogens with zero attached hydrogens (tertiary/aromatic N) is 2. The molecule has 0 bridgehead atoms. The van der Waals surface area contributed by atoms with Crippen LogP contribution in [0.25, 0.3) is 6.08 Å². The number of urea groups is 1. The molecule has 6 nitrogen and oxygen atoms in total. The molecule has 0 unspecified atom stereocenters. The molecule has 3 amide bonds. The third-order valence-electron chi connectivity index (χ3n) is 3.34. The molecule has 1 aliphatic rings. The van der Waals surface area contributed by atoms with E-state index < -0.39 is 0 Å². The van der Waals surface area contributed by atoms with Gasteiger partial charge in [-0.05, 0) is 24.1 Å². The normalized spacial score (nSPS) is 16.5. The van der Waals surface area contributed by atoms with Crippen molar-refractivity contribution in [2.24, 2.45) is 5.10 Å². The second kappa shape index (κ2) is 7.40. The van der Waals surface area contributed by atoms with E-state index in [9.17, 15) is 9.59 Å². The molecule has 0 saturated heterocycles. The Labute approximate surface area is 129 Å². The molecule has 0 saturated carbocycles. The Bertz CT molecular complexity index is 608. The number of rotatable bonds is 4. The molecule has 1 heterocycles. The molecule has 0 aromatic heterocycles. The van der Waals surface area contributed by atoms with Crippen LogP contribution in [0.5, 0.6) is 0 Å². The summed E-state index contributed by atoms with van der Waals surface area (Å²) in [5, 5.41) is 10.8. The fourth-order valence-corrected chi connectivity index (χ4v) is 2.13. The van der Waals surface area contributed by atoms with Crippen molar-refractivity contribution in [3.8, 4) is 0 Å². The zero-order valence-electron chi connectivity index (χ0n) is 12.8. The number of hydrogen-bond donors (Lipinski definition) is 2. The van der Waals surface area contributed by atoms with Crippen LogP contribution in [0.3, 0.4) is 0 Å². The predicted octanol–water partition coefficient (Wildman–Crippen LogP) is 1.61. The van der Waals surface area contributed by atoms with E-state index in [1.165, 1.54) is 5.01 Å². The molecule has 6 heteroatoms. The van der Waals surface area contributed by atoms with Crippen molar-refractivity contribution in [3.05, 3.63) is 41.5 Å². The minimum absolute atomic E-state index is 0.0634. The molecule has 2 rings (SSSR count). The number of amides is 3. The number of benzene rings is 1. The first-order valence-corrected chi connectivity index (χ1v) is 7.17. The summed E-state index contributed by atoms with van der Waals surface area (Å²) in [6.45, 7) is 2.61. The van der Waals surface area contributed by atoms with Crippen LogP contribution in [-0.2, 0) is 4.79 Å². The molecular formula is C16H20N4O2. The molecule has 1 aromatic rings. The van der Waals surface area contributed by atoms with Crippen molar-refractivity contribution in [1.82, 2.24) is 15.6 Å². The van der Waals surface area contributed by atoms with Gasteiger partial charge in [-0.1, -0.05) is 30.3 Å². The molecule has 1 aromatic carbocycles. The monoisotopic (exact) mass is 300 g/mol. The standard InChI is InChI=1S/C16H20N4O2/c1-12-14(10-13-6-4-3-5-7-13)11-15(21)20(19-12)9-8-18-16(22)17-2/h3-7,10H,8-9,11H2,1-2H3,(H2,17,18,22)/b14-10-. The number of hydrogen-bond acceptors (Lipinski definition) is 3. The van der Waals surface area contributed by atoms with Gasteiger partial charge in [-0.2, -0.15) is 5.10 Å². The van der Waals surface area contributed by atoms with Gasteiger partial charge in [0.25, 0.3) is 0 Å². The van der Waals surface area contributed by atoms with Gasteiger partial charge in [0.05, 0.1) is 18.7 Å². The van der Waals surface area contributed by atoms with Crippen LogP contribution in [0.2, 0.25) is 0 Å². The summed E-state index contributed by atoms with van der Waals surface area (Å²) in [7, 11) is 1.55. The Balaban J connectivity index is 2.02. The highest BCUT2D eigenvalue weighted by atomic mass is 16.2. The third kappa shape index (κ3) is 4.18. The number of carbonyl (C=O) groups excluding carboxylic acids is 2. The molecule has 0 fully saturated rings. The highest BCUT2D eigenvalue weighted by Gasteiger charge is 2.22. The fourth-order valence-electron chi connectivity index (χ4n) is 2.13. The molecule has 116 valence electrons. The van der Waals surface area contributed by atoms with Gasteiger partial charge in [0.15, 0.2) is 0 Å². The number of nitrogens with one attached hydrogen (secondary N) is 2. The predicted molar refractivity (Wildman–Crippen MR) is 86.3 cm³/mol. The Morgan fingerprint density at radius 1 is 1.36 bits per heavy atom. The first-order chi connectivity index (χ1) is 10.6. The summed E-state index contributed by atoms with van der Waals surface area (Å²) in [5.74, 6) is -0.0634. The van der Waals surface area contributed by atoms with Crippen molar-refractivity contribution >= 4 is 23.7 Å². The Hall–Kier alpha value is -2.63. The molecule has 0 spiro atoms. The van der Waals surface area contributed by atoms with Gasteiger partial charge >= 0.3 is 6.03 Å². The van der Waals surface area contributed by atoms with Crippen molar-refractivity contribution < 1.29 is 9.59 Å². The van der Waals surface area contributed by atoms with E-state index in [2.05, 4.69) is 15.7 Å². The molecule has 0 atom stereocenters. The smallest absolute Gasteiger partial charge is 0.314 e. The zero-order valence-corrected chi connectivity index (χ0v) is 12.8. The lowest BCUT2D eigenvalue weighted by Gasteiger charge is -2.24. The van der Waals surface area contributed by atoms with E-state index in [-0.39, 0.29) is 11.9 Å². The highest BCUT2D eigenvalue weighted by Crippen LogP contribution is 2.18. The quantitative estimate of drug-likeness (QED) is 0.886. The molecule has 22 heavy (non-hydrogen) atoms. The summed E-state index contributed by atoms with van der Waals surface area (Å²) in [6, 6.07) is 9.58. The van der Waals surface area contributed by atoms with E-state index in [4.69, 9.17) is 0 Å². The van der Waals surface area contributed by atoms with E-state index >= 15 is 0 Å². The second-order valence-corrected chi connectivity index (χ2v) is 4.97. The second-order valence-electron chi connectivity index (χ2n) is 4.97. The fraction of sp³-hybridized carbons (Fsp3) is 0.312. The summed E-state index contributed by atoms with van der Waals surface area (Å²) >= 11 is 0. The summed E-state index contributed by atoms with van der Waals surface area (Å²) in [4.78, 5) is 23.2. The average molecular weight is 300 g/mol. The van der Waals surface area contributed by atoms with Crippen molar-refractivity contribution in [1.29, 1.82) is 0 Å². The van der Waals surface area contributed by atoms with Crippen molar-refractivity contribution in [2.75, 3.05) is 20.1 Å². The summed E-state index contributed by atoms with van der Waals surface area (Å²) in [5.41, 5.74) is 2.80. The Morgan fingerprint density at radius 2 is 2.09 bits per heavy atom. The molecule has 1 aliphatic heterocycles. The molecule has 0 aliphatic carbocycles.